The van der Waals surface area contributed by atoms with E-state index in [0.29, 0.717) is 0 Å². The number of aromatic nitrogens is 1. The standard InChI is InChI=1S/C14H16N2S/c1-2-12(8-15-6-1)9-16(14-3-4-14)10-13-5-7-17-11-13/h1-2,5-8,11,14H,3-4,9-10H2. The molecule has 2 nitrogen and oxygen atoms in total. The molecule has 0 unspecified atom stereocenters. The van der Waals surface area contributed by atoms with Crippen molar-refractivity contribution in [2.75, 3.05) is 0 Å². The molecule has 2 aromatic rings. The summed E-state index contributed by atoms with van der Waals surface area (Å²) in [5.74, 6) is 0. The van der Waals surface area contributed by atoms with Gasteiger partial charge in [-0.25, -0.2) is 0 Å². The molecule has 1 aliphatic carbocycles. The first-order chi connectivity index (χ1) is 8.42. The van der Waals surface area contributed by atoms with Crippen molar-refractivity contribution in [3.8, 4) is 0 Å². The van der Waals surface area contributed by atoms with Gasteiger partial charge in [-0.2, -0.15) is 11.3 Å². The second kappa shape index (κ2) is 4.98. The highest BCUT2D eigenvalue weighted by Crippen LogP contribution is 2.30. The van der Waals surface area contributed by atoms with E-state index in [-0.39, 0.29) is 0 Å². The van der Waals surface area contributed by atoms with E-state index < -0.39 is 0 Å². The van der Waals surface area contributed by atoms with Crippen LogP contribution in [0.15, 0.2) is 41.4 Å². The molecule has 0 radical (unpaired) electrons. The molecule has 1 aliphatic rings. The zero-order valence-corrected chi connectivity index (χ0v) is 10.6. The molecule has 0 spiro atoms. The molecule has 0 N–H and O–H groups in total. The fourth-order valence-electron chi connectivity index (χ4n) is 2.10. The number of rotatable bonds is 5. The van der Waals surface area contributed by atoms with E-state index in [1.165, 1.54) is 24.0 Å². The maximum Gasteiger partial charge on any atom is 0.0312 e. The molecular weight excluding hydrogens is 228 g/mol. The van der Waals surface area contributed by atoms with Gasteiger partial charge >= 0.3 is 0 Å². The van der Waals surface area contributed by atoms with Crippen LogP contribution in [0.3, 0.4) is 0 Å². The van der Waals surface area contributed by atoms with Crippen LogP contribution in [0.4, 0.5) is 0 Å². The zero-order chi connectivity index (χ0) is 11.5. The number of hydrogen-bond donors (Lipinski definition) is 0. The second-order valence-corrected chi connectivity index (χ2v) is 5.41. The summed E-state index contributed by atoms with van der Waals surface area (Å²) in [5, 5.41) is 4.41. The van der Waals surface area contributed by atoms with Crippen molar-refractivity contribution in [2.45, 2.75) is 32.0 Å². The van der Waals surface area contributed by atoms with Gasteiger partial charge in [0.1, 0.15) is 0 Å². The van der Waals surface area contributed by atoms with E-state index in [2.05, 4.69) is 32.8 Å². The SMILES string of the molecule is c1cncc(CN(Cc2ccsc2)C2CC2)c1. The molecule has 0 atom stereocenters. The van der Waals surface area contributed by atoms with Crippen LogP contribution >= 0.6 is 11.3 Å². The lowest BCUT2D eigenvalue weighted by molar-refractivity contribution is 0.246. The Balaban J connectivity index is 1.68. The minimum atomic E-state index is 0.787. The number of pyridine rings is 1. The molecule has 2 aromatic heterocycles. The summed E-state index contributed by atoms with van der Waals surface area (Å²) in [4.78, 5) is 6.76. The van der Waals surface area contributed by atoms with Gasteiger partial charge in [0.25, 0.3) is 0 Å². The minimum Gasteiger partial charge on any atom is -0.292 e. The highest BCUT2D eigenvalue weighted by atomic mass is 32.1. The van der Waals surface area contributed by atoms with Gasteiger partial charge in [-0.1, -0.05) is 6.07 Å². The topological polar surface area (TPSA) is 16.1 Å². The Morgan fingerprint density at radius 1 is 1.24 bits per heavy atom. The molecule has 0 aliphatic heterocycles. The molecule has 0 bridgehead atoms. The van der Waals surface area contributed by atoms with E-state index in [1.807, 2.05) is 18.5 Å². The molecule has 17 heavy (non-hydrogen) atoms. The smallest absolute Gasteiger partial charge is 0.0312 e. The average molecular weight is 244 g/mol. The van der Waals surface area contributed by atoms with Crippen LogP contribution in [0.2, 0.25) is 0 Å². The van der Waals surface area contributed by atoms with E-state index in [0.717, 1.165) is 19.1 Å². The van der Waals surface area contributed by atoms with Gasteiger partial charge in [0.2, 0.25) is 0 Å². The van der Waals surface area contributed by atoms with Gasteiger partial charge in [-0.05, 0) is 46.9 Å². The Kier molecular flexibility index (Phi) is 3.20. The van der Waals surface area contributed by atoms with Crippen molar-refractivity contribution < 1.29 is 0 Å². The van der Waals surface area contributed by atoms with E-state index in [9.17, 15) is 0 Å². The summed E-state index contributed by atoms with van der Waals surface area (Å²) in [6.45, 7) is 2.09. The van der Waals surface area contributed by atoms with Gasteiger partial charge in [0, 0.05) is 31.5 Å². The summed E-state index contributed by atoms with van der Waals surface area (Å²) in [7, 11) is 0. The average Bonchev–Trinajstić information content (AvgIpc) is 3.09. The fourth-order valence-corrected chi connectivity index (χ4v) is 2.76. The lowest BCUT2D eigenvalue weighted by Gasteiger charge is -2.21. The van der Waals surface area contributed by atoms with Crippen molar-refractivity contribution in [2.24, 2.45) is 0 Å². The summed E-state index contributed by atoms with van der Waals surface area (Å²) in [5.41, 5.74) is 2.75. The molecular formula is C14H16N2S. The largest absolute Gasteiger partial charge is 0.292 e. The number of thiophene rings is 1. The number of hydrogen-bond acceptors (Lipinski definition) is 3. The van der Waals surface area contributed by atoms with Crippen molar-refractivity contribution in [3.05, 3.63) is 52.5 Å². The van der Waals surface area contributed by atoms with Gasteiger partial charge < -0.3 is 0 Å². The van der Waals surface area contributed by atoms with Crippen LogP contribution in [0.5, 0.6) is 0 Å². The summed E-state index contributed by atoms with van der Waals surface area (Å²) >= 11 is 1.78. The van der Waals surface area contributed by atoms with Gasteiger partial charge in [0.15, 0.2) is 0 Å². The molecule has 0 saturated heterocycles. The second-order valence-electron chi connectivity index (χ2n) is 4.63. The van der Waals surface area contributed by atoms with Crippen LogP contribution in [-0.2, 0) is 13.1 Å². The molecule has 3 rings (SSSR count). The lowest BCUT2D eigenvalue weighted by Crippen LogP contribution is -2.24. The van der Waals surface area contributed by atoms with Gasteiger partial charge in [-0.3, -0.25) is 9.88 Å². The number of nitrogens with zero attached hydrogens (tertiary/aromatic N) is 2. The van der Waals surface area contributed by atoms with Crippen LogP contribution in [0.25, 0.3) is 0 Å². The lowest BCUT2D eigenvalue weighted by atomic mass is 10.2. The quantitative estimate of drug-likeness (QED) is 0.802. The van der Waals surface area contributed by atoms with Gasteiger partial charge in [0.05, 0.1) is 0 Å². The van der Waals surface area contributed by atoms with E-state index >= 15 is 0 Å². The predicted octanol–water partition coefficient (Wildman–Crippen LogP) is 3.31. The third-order valence-electron chi connectivity index (χ3n) is 3.14. The molecule has 0 aromatic carbocycles. The Bertz CT molecular complexity index is 448. The fraction of sp³-hybridized carbons (Fsp3) is 0.357. The maximum atomic E-state index is 4.19. The first-order valence-corrected chi connectivity index (χ1v) is 7.00. The summed E-state index contributed by atoms with van der Waals surface area (Å²) in [6.07, 6.45) is 6.52. The highest BCUT2D eigenvalue weighted by Gasteiger charge is 2.28. The van der Waals surface area contributed by atoms with Crippen LogP contribution in [0.1, 0.15) is 24.0 Å². The van der Waals surface area contributed by atoms with E-state index in [4.69, 9.17) is 0 Å². The Labute approximate surface area is 106 Å². The van der Waals surface area contributed by atoms with Crippen molar-refractivity contribution in [1.82, 2.24) is 9.88 Å². The summed E-state index contributed by atoms with van der Waals surface area (Å²) < 4.78 is 0. The minimum absolute atomic E-state index is 0.787. The van der Waals surface area contributed by atoms with Crippen LogP contribution in [0, 0.1) is 0 Å². The molecule has 2 heterocycles. The highest BCUT2D eigenvalue weighted by molar-refractivity contribution is 7.07. The Morgan fingerprint density at radius 2 is 2.12 bits per heavy atom. The summed E-state index contributed by atoms with van der Waals surface area (Å²) in [6, 6.07) is 7.19. The first kappa shape index (κ1) is 10.9. The Hall–Kier alpha value is -1.19. The molecule has 1 fully saturated rings. The van der Waals surface area contributed by atoms with Crippen molar-refractivity contribution >= 4 is 11.3 Å². The van der Waals surface area contributed by atoms with Crippen LogP contribution in [-0.4, -0.2) is 15.9 Å². The predicted molar refractivity (Wildman–Crippen MR) is 70.8 cm³/mol. The third-order valence-corrected chi connectivity index (χ3v) is 3.87. The van der Waals surface area contributed by atoms with Gasteiger partial charge in [-0.15, -0.1) is 0 Å². The first-order valence-electron chi connectivity index (χ1n) is 6.06. The van der Waals surface area contributed by atoms with Crippen LogP contribution < -0.4 is 0 Å². The zero-order valence-electron chi connectivity index (χ0n) is 9.75. The molecule has 3 heteroatoms. The molecule has 1 saturated carbocycles. The van der Waals surface area contributed by atoms with Crippen molar-refractivity contribution in [3.63, 3.8) is 0 Å². The monoisotopic (exact) mass is 244 g/mol. The van der Waals surface area contributed by atoms with E-state index in [1.54, 1.807) is 11.3 Å². The third kappa shape index (κ3) is 2.93. The van der Waals surface area contributed by atoms with Crippen molar-refractivity contribution in [1.29, 1.82) is 0 Å². The Morgan fingerprint density at radius 3 is 2.76 bits per heavy atom. The molecule has 88 valence electrons. The normalized spacial score (nSPS) is 15.4. The molecule has 0 amide bonds. The maximum absolute atomic E-state index is 4.19.